The third-order valence-electron chi connectivity index (χ3n) is 5.47. The Morgan fingerprint density at radius 1 is 0.700 bits per heavy atom. The van der Waals surface area contributed by atoms with Crippen molar-refractivity contribution in [2.24, 2.45) is 0 Å². The summed E-state index contributed by atoms with van der Waals surface area (Å²) < 4.78 is 11.7. The van der Waals surface area contributed by atoms with Crippen LogP contribution in [-0.4, -0.2) is 6.79 Å². The summed E-state index contributed by atoms with van der Waals surface area (Å²) in [6.45, 7) is 5.24. The number of aryl methyl sites for hydroxylation is 1. The van der Waals surface area contributed by atoms with Gasteiger partial charge in [0.25, 0.3) is 0 Å². The standard InChI is InChI=1S/C28H34O2/c1-3-5-7-10-23-13-17-25(18-14-23)26-19-15-24(16-20-26)21-29-22-30-28(4-2)27-11-8-6-9-12-27/h6,8-9,11-20,28H,3-5,7,10,21-22H2,1-2H3. The third kappa shape index (κ3) is 6.83. The average molecular weight is 403 g/mol. The first-order chi connectivity index (χ1) is 14.8. The molecule has 1 unspecified atom stereocenters. The molecule has 0 fully saturated rings. The molecule has 30 heavy (non-hydrogen) atoms. The van der Waals surface area contributed by atoms with E-state index in [1.54, 1.807) is 0 Å². The number of hydrogen-bond donors (Lipinski definition) is 0. The van der Waals surface area contributed by atoms with E-state index in [4.69, 9.17) is 9.47 Å². The average Bonchev–Trinajstić information content (AvgIpc) is 2.81. The van der Waals surface area contributed by atoms with Crippen LogP contribution in [-0.2, 0) is 22.5 Å². The molecule has 0 aliphatic rings. The smallest absolute Gasteiger partial charge is 0.148 e. The zero-order valence-corrected chi connectivity index (χ0v) is 18.3. The molecule has 0 aliphatic carbocycles. The van der Waals surface area contributed by atoms with E-state index >= 15 is 0 Å². The summed E-state index contributed by atoms with van der Waals surface area (Å²) in [5.74, 6) is 0. The second-order valence-corrected chi connectivity index (χ2v) is 7.79. The first-order valence-electron chi connectivity index (χ1n) is 11.2. The lowest BCUT2D eigenvalue weighted by atomic mass is 10.0. The monoisotopic (exact) mass is 402 g/mol. The van der Waals surface area contributed by atoms with Crippen molar-refractivity contribution in [2.45, 2.75) is 58.7 Å². The highest BCUT2D eigenvalue weighted by Gasteiger charge is 2.09. The molecule has 0 saturated carbocycles. The highest BCUT2D eigenvalue weighted by atomic mass is 16.7. The number of hydrogen-bond acceptors (Lipinski definition) is 2. The number of rotatable bonds is 12. The van der Waals surface area contributed by atoms with E-state index < -0.39 is 0 Å². The first-order valence-corrected chi connectivity index (χ1v) is 11.2. The minimum absolute atomic E-state index is 0.0820. The van der Waals surface area contributed by atoms with Crippen molar-refractivity contribution in [1.82, 2.24) is 0 Å². The van der Waals surface area contributed by atoms with Gasteiger partial charge in [0, 0.05) is 0 Å². The molecule has 3 rings (SSSR count). The lowest BCUT2D eigenvalue weighted by molar-refractivity contribution is -0.0983. The fraction of sp³-hybridized carbons (Fsp3) is 0.357. The largest absolute Gasteiger partial charge is 0.351 e. The second-order valence-electron chi connectivity index (χ2n) is 7.79. The summed E-state index contributed by atoms with van der Waals surface area (Å²) in [6, 6.07) is 27.9. The molecule has 158 valence electrons. The molecule has 3 aromatic carbocycles. The molecule has 3 aromatic rings. The summed E-state index contributed by atoms with van der Waals surface area (Å²) in [4.78, 5) is 0. The van der Waals surface area contributed by atoms with Gasteiger partial charge in [0.15, 0.2) is 0 Å². The maximum Gasteiger partial charge on any atom is 0.148 e. The van der Waals surface area contributed by atoms with Crippen LogP contribution in [0.4, 0.5) is 0 Å². The van der Waals surface area contributed by atoms with Gasteiger partial charge in [-0.15, -0.1) is 0 Å². The number of unbranched alkanes of at least 4 members (excludes halogenated alkanes) is 2. The van der Waals surface area contributed by atoms with Crippen LogP contribution in [0.25, 0.3) is 11.1 Å². The Hall–Kier alpha value is -2.42. The quantitative estimate of drug-likeness (QED) is 0.228. The molecule has 0 aromatic heterocycles. The van der Waals surface area contributed by atoms with E-state index in [0.717, 1.165) is 12.0 Å². The second kappa shape index (κ2) is 12.3. The molecule has 1 atom stereocenters. The van der Waals surface area contributed by atoms with Crippen molar-refractivity contribution in [1.29, 1.82) is 0 Å². The van der Waals surface area contributed by atoms with Crippen LogP contribution < -0.4 is 0 Å². The van der Waals surface area contributed by atoms with E-state index in [0.29, 0.717) is 13.4 Å². The minimum atomic E-state index is 0.0820. The Balaban J connectivity index is 1.45. The van der Waals surface area contributed by atoms with Crippen LogP contribution >= 0.6 is 0 Å². The van der Waals surface area contributed by atoms with Gasteiger partial charge in [-0.05, 0) is 47.1 Å². The fourth-order valence-electron chi connectivity index (χ4n) is 3.64. The predicted octanol–water partition coefficient (Wildman–Crippen LogP) is 7.73. The highest BCUT2D eigenvalue weighted by Crippen LogP contribution is 2.22. The van der Waals surface area contributed by atoms with Crippen molar-refractivity contribution < 1.29 is 9.47 Å². The Bertz CT molecular complexity index is 838. The molecular weight excluding hydrogens is 368 g/mol. The molecule has 2 heteroatoms. The van der Waals surface area contributed by atoms with E-state index in [9.17, 15) is 0 Å². The maximum atomic E-state index is 5.92. The van der Waals surface area contributed by atoms with Gasteiger partial charge >= 0.3 is 0 Å². The molecule has 0 amide bonds. The summed E-state index contributed by atoms with van der Waals surface area (Å²) in [5, 5.41) is 0. The Kier molecular flexibility index (Phi) is 9.14. The SMILES string of the molecule is CCCCCc1ccc(-c2ccc(COCOC(CC)c3ccccc3)cc2)cc1. The van der Waals surface area contributed by atoms with Gasteiger partial charge in [0.2, 0.25) is 0 Å². The number of benzene rings is 3. The molecule has 0 heterocycles. The first kappa shape index (κ1) is 22.3. The van der Waals surface area contributed by atoms with Crippen molar-refractivity contribution in [3.8, 4) is 11.1 Å². The van der Waals surface area contributed by atoms with Crippen LogP contribution in [0, 0.1) is 0 Å². The highest BCUT2D eigenvalue weighted by molar-refractivity contribution is 5.63. The summed E-state index contributed by atoms with van der Waals surface area (Å²) >= 11 is 0. The Morgan fingerprint density at radius 2 is 1.33 bits per heavy atom. The van der Waals surface area contributed by atoms with Gasteiger partial charge in [0.1, 0.15) is 6.79 Å². The number of ether oxygens (including phenoxy) is 2. The van der Waals surface area contributed by atoms with Gasteiger partial charge in [0.05, 0.1) is 12.7 Å². The molecule has 2 nitrogen and oxygen atoms in total. The van der Waals surface area contributed by atoms with Gasteiger partial charge in [-0.25, -0.2) is 0 Å². The van der Waals surface area contributed by atoms with E-state index in [-0.39, 0.29) is 6.10 Å². The zero-order valence-electron chi connectivity index (χ0n) is 18.3. The van der Waals surface area contributed by atoms with E-state index in [1.165, 1.54) is 47.9 Å². The molecular formula is C28H34O2. The summed E-state index contributed by atoms with van der Waals surface area (Å²) in [6.07, 6.45) is 6.04. The zero-order chi connectivity index (χ0) is 21.0. The molecule has 0 saturated heterocycles. The van der Waals surface area contributed by atoms with E-state index in [1.807, 2.05) is 18.2 Å². The maximum absolute atomic E-state index is 5.92. The van der Waals surface area contributed by atoms with Crippen molar-refractivity contribution in [3.05, 3.63) is 95.6 Å². The predicted molar refractivity (Wildman–Crippen MR) is 125 cm³/mol. The Labute approximate surface area is 181 Å². The molecule has 0 radical (unpaired) electrons. The van der Waals surface area contributed by atoms with Gasteiger partial charge < -0.3 is 9.47 Å². The minimum Gasteiger partial charge on any atom is -0.351 e. The fourth-order valence-corrected chi connectivity index (χ4v) is 3.64. The van der Waals surface area contributed by atoms with Crippen LogP contribution in [0.15, 0.2) is 78.9 Å². The molecule has 0 bridgehead atoms. The summed E-state index contributed by atoms with van der Waals surface area (Å²) in [7, 11) is 0. The van der Waals surface area contributed by atoms with Crippen molar-refractivity contribution in [3.63, 3.8) is 0 Å². The van der Waals surface area contributed by atoms with Crippen LogP contribution in [0.2, 0.25) is 0 Å². The van der Waals surface area contributed by atoms with Crippen LogP contribution in [0.1, 0.15) is 62.3 Å². The van der Waals surface area contributed by atoms with Gasteiger partial charge in [-0.1, -0.05) is 106 Å². The van der Waals surface area contributed by atoms with Crippen LogP contribution in [0.5, 0.6) is 0 Å². The third-order valence-corrected chi connectivity index (χ3v) is 5.47. The Morgan fingerprint density at radius 3 is 1.93 bits per heavy atom. The molecule has 0 N–H and O–H groups in total. The van der Waals surface area contributed by atoms with Crippen LogP contribution in [0.3, 0.4) is 0 Å². The van der Waals surface area contributed by atoms with Gasteiger partial charge in [-0.2, -0.15) is 0 Å². The van der Waals surface area contributed by atoms with Gasteiger partial charge in [-0.3, -0.25) is 0 Å². The van der Waals surface area contributed by atoms with Crippen molar-refractivity contribution >= 4 is 0 Å². The molecule has 0 aliphatic heterocycles. The summed E-state index contributed by atoms with van der Waals surface area (Å²) in [5.41, 5.74) is 6.29. The molecule has 0 spiro atoms. The topological polar surface area (TPSA) is 18.5 Å². The van der Waals surface area contributed by atoms with Crippen molar-refractivity contribution in [2.75, 3.05) is 6.79 Å². The lowest BCUT2D eigenvalue weighted by Crippen LogP contribution is -2.07. The lowest BCUT2D eigenvalue weighted by Gasteiger charge is -2.16. The van der Waals surface area contributed by atoms with E-state index in [2.05, 4.69) is 74.5 Å². The normalized spacial score (nSPS) is 12.1.